The summed E-state index contributed by atoms with van der Waals surface area (Å²) in [4.78, 5) is 10.5. The fourth-order valence-corrected chi connectivity index (χ4v) is 3.57. The molecule has 3 aromatic carbocycles. The first-order valence-corrected chi connectivity index (χ1v) is 10.1. The Kier molecular flexibility index (Phi) is 8.71. The monoisotopic (exact) mass is 581 g/mol. The number of hydrogen-bond donors (Lipinski definition) is 1. The van der Waals surface area contributed by atoms with Gasteiger partial charge < -0.3 is 5.11 Å². The van der Waals surface area contributed by atoms with E-state index in [2.05, 4.69) is 52.9 Å². The molecule has 5 heteroatoms. The normalized spacial score (nSPS) is 10.9. The summed E-state index contributed by atoms with van der Waals surface area (Å²) in [6.07, 6.45) is 2.27. The van der Waals surface area contributed by atoms with Gasteiger partial charge in [0.1, 0.15) is 0 Å². The van der Waals surface area contributed by atoms with Gasteiger partial charge in [0.05, 0.1) is 5.76 Å². The molecule has 1 radical (unpaired) electrons. The fourth-order valence-electron chi connectivity index (χ4n) is 2.75. The van der Waals surface area contributed by atoms with Crippen LogP contribution >= 0.6 is 11.5 Å². The van der Waals surface area contributed by atoms with Crippen LogP contribution in [0.25, 0.3) is 32.1 Å². The predicted molar refractivity (Wildman–Crippen MR) is 118 cm³/mol. The average molecular weight is 581 g/mol. The molecule has 0 atom stereocenters. The Hall–Kier alpha value is -2.33. The predicted octanol–water partition coefficient (Wildman–Crippen LogP) is 6.73. The molecule has 151 valence electrons. The van der Waals surface area contributed by atoms with Crippen molar-refractivity contribution in [3.8, 4) is 11.3 Å². The first kappa shape index (κ1) is 23.0. The van der Waals surface area contributed by atoms with Gasteiger partial charge in [0.15, 0.2) is 5.78 Å². The number of nitrogens with zero attached hydrogens (tertiary/aromatic N) is 1. The molecule has 0 unspecified atom stereocenters. The standard InChI is InChI=1S/C17H10NS.C7H12O2.Ir/c1-2-6-12(7-3-1)17-15-10-13-8-4-5-9-14(13)11-16(15)19-18-17;1-3-6(8)5-7(9)4-2;/h1-6,8-11H;5,8H,3-4H2,1-2H3;/q-1;;/b;6-5-;. The van der Waals surface area contributed by atoms with Crippen molar-refractivity contribution in [1.29, 1.82) is 0 Å². The van der Waals surface area contributed by atoms with Gasteiger partial charge in [0.2, 0.25) is 0 Å². The molecule has 29 heavy (non-hydrogen) atoms. The number of ketones is 1. The molecule has 0 fully saturated rings. The van der Waals surface area contributed by atoms with Crippen molar-refractivity contribution >= 4 is 38.2 Å². The molecule has 1 N–H and O–H groups in total. The second-order valence-corrected chi connectivity index (χ2v) is 7.12. The maximum Gasteiger partial charge on any atom is 0.158 e. The van der Waals surface area contributed by atoms with Crippen LogP contribution in [-0.2, 0) is 24.9 Å². The van der Waals surface area contributed by atoms with E-state index in [0.717, 1.165) is 11.3 Å². The number of aromatic nitrogens is 1. The zero-order chi connectivity index (χ0) is 19.9. The molecule has 0 saturated carbocycles. The van der Waals surface area contributed by atoms with E-state index in [9.17, 15) is 4.79 Å². The van der Waals surface area contributed by atoms with Crippen molar-refractivity contribution in [2.24, 2.45) is 0 Å². The Morgan fingerprint density at radius 2 is 1.76 bits per heavy atom. The third-order valence-electron chi connectivity index (χ3n) is 4.34. The third-order valence-corrected chi connectivity index (χ3v) is 5.15. The maximum atomic E-state index is 10.5. The van der Waals surface area contributed by atoms with Crippen molar-refractivity contribution in [1.82, 2.24) is 4.37 Å². The molecular weight excluding hydrogens is 559 g/mol. The van der Waals surface area contributed by atoms with Crippen LogP contribution < -0.4 is 0 Å². The van der Waals surface area contributed by atoms with E-state index in [-0.39, 0.29) is 31.6 Å². The quantitative estimate of drug-likeness (QED) is 0.165. The molecule has 1 heterocycles. The minimum absolute atomic E-state index is 0. The SMILES string of the molecule is CCC(=O)/C=C(\O)CC.[Ir].[c-]1ccccc1-c1nsc2cc3ccccc3cc12. The van der Waals surface area contributed by atoms with E-state index >= 15 is 0 Å². The van der Waals surface area contributed by atoms with Gasteiger partial charge in [-0.3, -0.25) is 4.79 Å². The van der Waals surface area contributed by atoms with Crippen molar-refractivity contribution in [2.75, 3.05) is 0 Å². The second kappa shape index (κ2) is 11.0. The summed E-state index contributed by atoms with van der Waals surface area (Å²) in [7, 11) is 0. The molecule has 0 bridgehead atoms. The number of aliphatic hydroxyl groups excluding tert-OH is 1. The maximum absolute atomic E-state index is 10.5. The largest absolute Gasteiger partial charge is 0.512 e. The van der Waals surface area contributed by atoms with Crippen molar-refractivity contribution in [3.63, 3.8) is 0 Å². The zero-order valence-electron chi connectivity index (χ0n) is 16.3. The molecule has 1 aromatic heterocycles. The number of benzene rings is 3. The number of fused-ring (bicyclic) bond motifs is 2. The first-order valence-electron chi connectivity index (χ1n) is 9.30. The zero-order valence-corrected chi connectivity index (χ0v) is 19.5. The van der Waals surface area contributed by atoms with E-state index in [0.29, 0.717) is 12.8 Å². The molecule has 0 saturated heterocycles. The van der Waals surface area contributed by atoms with Gasteiger partial charge in [-0.15, -0.1) is 35.9 Å². The summed E-state index contributed by atoms with van der Waals surface area (Å²) in [6, 6.07) is 24.1. The average Bonchev–Trinajstić information content (AvgIpc) is 3.15. The van der Waals surface area contributed by atoms with Gasteiger partial charge in [-0.05, 0) is 33.8 Å². The molecule has 0 aliphatic heterocycles. The number of hydrogen-bond acceptors (Lipinski definition) is 4. The Balaban J connectivity index is 0.000000260. The topological polar surface area (TPSA) is 50.2 Å². The van der Waals surface area contributed by atoms with E-state index in [4.69, 9.17) is 5.11 Å². The smallest absolute Gasteiger partial charge is 0.158 e. The number of aliphatic hydroxyl groups is 1. The molecular formula is C24H22IrNO2S-. The van der Waals surface area contributed by atoms with Gasteiger partial charge in [-0.2, -0.15) is 0 Å². The van der Waals surface area contributed by atoms with Gasteiger partial charge in [-0.1, -0.05) is 44.2 Å². The molecule has 0 spiro atoms. The summed E-state index contributed by atoms with van der Waals surface area (Å²) < 4.78 is 5.83. The summed E-state index contributed by atoms with van der Waals surface area (Å²) in [6.45, 7) is 3.57. The van der Waals surface area contributed by atoms with Gasteiger partial charge in [0.25, 0.3) is 0 Å². The summed E-state index contributed by atoms with van der Waals surface area (Å²) in [5, 5.41) is 12.5. The Morgan fingerprint density at radius 3 is 2.38 bits per heavy atom. The van der Waals surface area contributed by atoms with Crippen LogP contribution in [0.15, 0.2) is 72.5 Å². The van der Waals surface area contributed by atoms with Gasteiger partial charge in [0, 0.05) is 49.4 Å². The van der Waals surface area contributed by atoms with E-state index in [1.807, 2.05) is 18.2 Å². The van der Waals surface area contributed by atoms with Crippen LogP contribution in [0.3, 0.4) is 0 Å². The Labute approximate surface area is 188 Å². The van der Waals surface area contributed by atoms with Crippen LogP contribution in [0.1, 0.15) is 26.7 Å². The van der Waals surface area contributed by atoms with Crippen LogP contribution in [0.2, 0.25) is 0 Å². The van der Waals surface area contributed by atoms with Crippen LogP contribution in [-0.4, -0.2) is 15.3 Å². The van der Waals surface area contributed by atoms with Crippen LogP contribution in [0.4, 0.5) is 0 Å². The minimum atomic E-state index is -0.0191. The van der Waals surface area contributed by atoms with Crippen molar-refractivity contribution in [2.45, 2.75) is 26.7 Å². The summed E-state index contributed by atoms with van der Waals surface area (Å²) in [5.41, 5.74) is 2.09. The van der Waals surface area contributed by atoms with Gasteiger partial charge >= 0.3 is 0 Å². The molecule has 4 rings (SSSR count). The number of carbonyl (C=O) groups excluding carboxylic acids is 1. The number of allylic oxidation sites excluding steroid dienone is 2. The number of rotatable bonds is 4. The minimum Gasteiger partial charge on any atom is -0.512 e. The van der Waals surface area contributed by atoms with Crippen molar-refractivity contribution in [3.05, 3.63) is 78.6 Å². The molecule has 0 aliphatic rings. The Bertz CT molecular complexity index is 1120. The molecule has 3 nitrogen and oxygen atoms in total. The van der Waals surface area contributed by atoms with E-state index < -0.39 is 0 Å². The summed E-state index contributed by atoms with van der Waals surface area (Å²) in [5.74, 6) is 0.149. The van der Waals surface area contributed by atoms with Crippen LogP contribution in [0, 0.1) is 6.07 Å². The molecule has 0 aliphatic carbocycles. The van der Waals surface area contributed by atoms with Crippen LogP contribution in [0.5, 0.6) is 0 Å². The van der Waals surface area contributed by atoms with Crippen molar-refractivity contribution < 1.29 is 30.0 Å². The number of carbonyl (C=O) groups is 1. The first-order chi connectivity index (χ1) is 13.6. The van der Waals surface area contributed by atoms with E-state index in [1.165, 1.54) is 26.9 Å². The van der Waals surface area contributed by atoms with E-state index in [1.54, 1.807) is 25.4 Å². The molecule has 4 aromatic rings. The second-order valence-electron chi connectivity index (χ2n) is 6.31. The Morgan fingerprint density at radius 1 is 1.07 bits per heavy atom. The fraction of sp³-hybridized carbons (Fsp3) is 0.167. The van der Waals surface area contributed by atoms with Gasteiger partial charge in [-0.25, -0.2) is 4.37 Å². The summed E-state index contributed by atoms with van der Waals surface area (Å²) >= 11 is 1.55. The molecule has 0 amide bonds. The third kappa shape index (κ3) is 5.83.